The standard InChI is InChI=1S/C20H25N3O3S/c1-15-13-16-14-17(7-8-18(16)21-15)27(24,25)23-11-9-22(10-12-23)19-5-3-4-6-20(19)26-2/h3-8,14-15,21H,9-13H2,1-2H3/t15-/m1/s1. The average Bonchev–Trinajstić information content (AvgIpc) is 3.07. The minimum Gasteiger partial charge on any atom is -0.495 e. The molecule has 2 aliphatic rings. The number of methoxy groups -OCH3 is 1. The van der Waals surface area contributed by atoms with Crippen molar-refractivity contribution in [2.45, 2.75) is 24.3 Å². The van der Waals surface area contributed by atoms with E-state index in [1.165, 1.54) is 0 Å². The van der Waals surface area contributed by atoms with E-state index in [1.54, 1.807) is 17.5 Å². The van der Waals surface area contributed by atoms with Crippen LogP contribution >= 0.6 is 0 Å². The number of sulfonamides is 1. The van der Waals surface area contributed by atoms with Crippen molar-refractivity contribution in [1.29, 1.82) is 0 Å². The van der Waals surface area contributed by atoms with Crippen LogP contribution in [0.1, 0.15) is 12.5 Å². The van der Waals surface area contributed by atoms with Gasteiger partial charge in [-0.05, 0) is 49.2 Å². The highest BCUT2D eigenvalue weighted by molar-refractivity contribution is 7.89. The summed E-state index contributed by atoms with van der Waals surface area (Å²) in [6, 6.07) is 13.6. The first kappa shape index (κ1) is 18.1. The van der Waals surface area contributed by atoms with Gasteiger partial charge in [-0.15, -0.1) is 0 Å². The Kier molecular flexibility index (Phi) is 4.74. The topological polar surface area (TPSA) is 61.9 Å². The second-order valence-electron chi connectivity index (χ2n) is 7.13. The van der Waals surface area contributed by atoms with Crippen molar-refractivity contribution in [1.82, 2.24) is 4.31 Å². The predicted molar refractivity (Wildman–Crippen MR) is 107 cm³/mol. The lowest BCUT2D eigenvalue weighted by atomic mass is 10.1. The second kappa shape index (κ2) is 7.05. The summed E-state index contributed by atoms with van der Waals surface area (Å²) in [4.78, 5) is 2.57. The summed E-state index contributed by atoms with van der Waals surface area (Å²) in [5, 5.41) is 3.36. The minimum absolute atomic E-state index is 0.349. The molecule has 6 nitrogen and oxygen atoms in total. The third-order valence-electron chi connectivity index (χ3n) is 5.31. The maximum Gasteiger partial charge on any atom is 0.243 e. The van der Waals surface area contributed by atoms with E-state index in [1.807, 2.05) is 36.4 Å². The SMILES string of the molecule is COc1ccccc1N1CCN(S(=O)(=O)c2ccc3c(c2)C[C@@H](C)N3)CC1. The zero-order valence-electron chi connectivity index (χ0n) is 15.7. The summed E-state index contributed by atoms with van der Waals surface area (Å²) in [6.45, 7) is 4.32. The smallest absolute Gasteiger partial charge is 0.243 e. The summed E-state index contributed by atoms with van der Waals surface area (Å²) < 4.78 is 33.2. The van der Waals surface area contributed by atoms with E-state index in [0.29, 0.717) is 37.1 Å². The number of nitrogens with one attached hydrogen (secondary N) is 1. The van der Waals surface area contributed by atoms with Gasteiger partial charge in [0.15, 0.2) is 0 Å². The molecular weight excluding hydrogens is 362 g/mol. The maximum atomic E-state index is 13.1. The van der Waals surface area contributed by atoms with Crippen molar-refractivity contribution >= 4 is 21.4 Å². The molecule has 144 valence electrons. The third-order valence-corrected chi connectivity index (χ3v) is 7.20. The molecule has 0 spiro atoms. The monoisotopic (exact) mass is 387 g/mol. The lowest BCUT2D eigenvalue weighted by Crippen LogP contribution is -2.48. The van der Waals surface area contributed by atoms with E-state index in [0.717, 1.165) is 29.1 Å². The Morgan fingerprint density at radius 3 is 2.56 bits per heavy atom. The number of ether oxygens (including phenoxy) is 1. The van der Waals surface area contributed by atoms with Crippen molar-refractivity contribution in [2.24, 2.45) is 0 Å². The van der Waals surface area contributed by atoms with Crippen molar-refractivity contribution in [3.05, 3.63) is 48.0 Å². The first-order valence-corrected chi connectivity index (χ1v) is 10.7. The Labute approximate surface area is 160 Å². The first-order chi connectivity index (χ1) is 13.0. The van der Waals surface area contributed by atoms with E-state index in [2.05, 4.69) is 17.1 Å². The van der Waals surface area contributed by atoms with Gasteiger partial charge in [0.05, 0.1) is 17.7 Å². The largest absolute Gasteiger partial charge is 0.495 e. The number of hydrogen-bond donors (Lipinski definition) is 1. The van der Waals surface area contributed by atoms with Crippen LogP contribution in [0.15, 0.2) is 47.4 Å². The summed E-state index contributed by atoms with van der Waals surface area (Å²) >= 11 is 0. The molecule has 0 saturated carbocycles. The lowest BCUT2D eigenvalue weighted by molar-refractivity contribution is 0.378. The van der Waals surface area contributed by atoms with Gasteiger partial charge in [-0.3, -0.25) is 0 Å². The quantitative estimate of drug-likeness (QED) is 0.874. The number of rotatable bonds is 4. The van der Waals surface area contributed by atoms with E-state index >= 15 is 0 Å². The van der Waals surface area contributed by atoms with Gasteiger partial charge >= 0.3 is 0 Å². The van der Waals surface area contributed by atoms with Crippen LogP contribution in [0.2, 0.25) is 0 Å². The molecule has 2 aliphatic heterocycles. The van der Waals surface area contributed by atoms with Crippen molar-refractivity contribution in [3.63, 3.8) is 0 Å². The highest BCUT2D eigenvalue weighted by atomic mass is 32.2. The van der Waals surface area contributed by atoms with Gasteiger partial charge in [0.1, 0.15) is 5.75 Å². The number of fused-ring (bicyclic) bond motifs is 1. The maximum absolute atomic E-state index is 13.1. The Balaban J connectivity index is 1.50. The highest BCUT2D eigenvalue weighted by Crippen LogP contribution is 2.31. The molecule has 0 amide bonds. The summed E-state index contributed by atoms with van der Waals surface area (Å²) in [5.74, 6) is 0.814. The van der Waals surface area contributed by atoms with Gasteiger partial charge in [-0.25, -0.2) is 8.42 Å². The van der Waals surface area contributed by atoms with Crippen LogP contribution in [0.3, 0.4) is 0 Å². The Morgan fingerprint density at radius 2 is 1.81 bits per heavy atom. The van der Waals surface area contributed by atoms with Crippen LogP contribution in [0.4, 0.5) is 11.4 Å². The van der Waals surface area contributed by atoms with Gasteiger partial charge < -0.3 is 15.0 Å². The number of benzene rings is 2. The van der Waals surface area contributed by atoms with E-state index in [9.17, 15) is 8.42 Å². The van der Waals surface area contributed by atoms with Crippen molar-refractivity contribution < 1.29 is 13.2 Å². The normalized spacial score (nSPS) is 20.2. The summed E-state index contributed by atoms with van der Waals surface area (Å²) in [5.41, 5.74) is 3.13. The van der Waals surface area contributed by atoms with Gasteiger partial charge in [-0.1, -0.05) is 12.1 Å². The fourth-order valence-corrected chi connectivity index (χ4v) is 5.37. The zero-order valence-corrected chi connectivity index (χ0v) is 16.5. The Morgan fingerprint density at radius 1 is 1.07 bits per heavy atom. The van der Waals surface area contributed by atoms with Gasteiger partial charge in [0, 0.05) is 37.9 Å². The summed E-state index contributed by atoms with van der Waals surface area (Å²) in [6.07, 6.45) is 0.861. The van der Waals surface area contributed by atoms with Gasteiger partial charge in [0.25, 0.3) is 0 Å². The van der Waals surface area contributed by atoms with Crippen LogP contribution < -0.4 is 15.0 Å². The first-order valence-electron chi connectivity index (χ1n) is 9.26. The fourth-order valence-electron chi connectivity index (χ4n) is 3.90. The molecule has 0 bridgehead atoms. The Hall–Kier alpha value is -2.25. The molecule has 0 unspecified atom stereocenters. The summed E-state index contributed by atoms with van der Waals surface area (Å²) in [7, 11) is -1.82. The predicted octanol–water partition coefficient (Wildman–Crippen LogP) is 2.56. The molecule has 1 atom stereocenters. The molecule has 7 heteroatoms. The molecule has 2 aromatic rings. The van der Waals surface area contributed by atoms with E-state index < -0.39 is 10.0 Å². The number of nitrogens with zero attached hydrogens (tertiary/aromatic N) is 2. The number of anilines is 2. The van der Waals surface area contributed by atoms with Gasteiger partial charge in [-0.2, -0.15) is 4.31 Å². The molecule has 2 aromatic carbocycles. The molecule has 4 rings (SSSR count). The zero-order chi connectivity index (χ0) is 19.0. The molecule has 2 heterocycles. The fraction of sp³-hybridized carbons (Fsp3) is 0.400. The minimum atomic E-state index is -3.47. The molecular formula is C20H25N3O3S. The van der Waals surface area contributed by atoms with Crippen molar-refractivity contribution in [2.75, 3.05) is 43.5 Å². The second-order valence-corrected chi connectivity index (χ2v) is 9.07. The Bertz CT molecular complexity index is 937. The third kappa shape index (κ3) is 3.37. The van der Waals surface area contributed by atoms with Crippen LogP contribution in [-0.4, -0.2) is 52.1 Å². The van der Waals surface area contributed by atoms with Crippen LogP contribution in [-0.2, 0) is 16.4 Å². The average molecular weight is 388 g/mol. The van der Waals surface area contributed by atoms with E-state index in [-0.39, 0.29) is 0 Å². The van der Waals surface area contributed by atoms with Crippen molar-refractivity contribution in [3.8, 4) is 5.75 Å². The van der Waals surface area contributed by atoms with Gasteiger partial charge in [0.2, 0.25) is 10.0 Å². The molecule has 1 fully saturated rings. The van der Waals surface area contributed by atoms with Crippen LogP contribution in [0, 0.1) is 0 Å². The molecule has 0 radical (unpaired) electrons. The van der Waals surface area contributed by atoms with Crippen LogP contribution in [0.5, 0.6) is 5.75 Å². The number of para-hydroxylation sites is 2. The molecule has 1 N–H and O–H groups in total. The number of piperazine rings is 1. The number of hydrogen-bond acceptors (Lipinski definition) is 5. The molecule has 0 aromatic heterocycles. The highest BCUT2D eigenvalue weighted by Gasteiger charge is 2.30. The molecule has 1 saturated heterocycles. The lowest BCUT2D eigenvalue weighted by Gasteiger charge is -2.36. The van der Waals surface area contributed by atoms with Crippen LogP contribution in [0.25, 0.3) is 0 Å². The molecule has 27 heavy (non-hydrogen) atoms. The molecule has 0 aliphatic carbocycles. The van der Waals surface area contributed by atoms with E-state index in [4.69, 9.17) is 4.74 Å².